The highest BCUT2D eigenvalue weighted by Gasteiger charge is 2.17. The zero-order chi connectivity index (χ0) is 17.8. The number of aryl methyl sites for hydroxylation is 1. The quantitative estimate of drug-likeness (QED) is 0.818. The number of nitrogens with zero attached hydrogens (tertiary/aromatic N) is 3. The molecule has 0 unspecified atom stereocenters. The molecule has 3 heterocycles. The normalized spacial score (nSPS) is 18.7. The number of benzene rings is 1. The number of rotatable bonds is 7. The Hall–Kier alpha value is -2.41. The zero-order valence-corrected chi connectivity index (χ0v) is 14.8. The van der Waals surface area contributed by atoms with E-state index in [1.807, 2.05) is 12.1 Å². The first-order chi connectivity index (χ1) is 12.8. The van der Waals surface area contributed by atoms with Crippen molar-refractivity contribution < 1.29 is 14.3 Å². The van der Waals surface area contributed by atoms with E-state index in [-0.39, 0.29) is 12.0 Å². The molecule has 1 N–H and O–H groups in total. The number of aromatic nitrogens is 3. The van der Waals surface area contributed by atoms with Gasteiger partial charge < -0.3 is 19.4 Å². The minimum absolute atomic E-state index is 0.0863. The van der Waals surface area contributed by atoms with Crippen molar-refractivity contribution in [3.63, 3.8) is 0 Å². The molecule has 0 aliphatic carbocycles. The highest BCUT2D eigenvalue weighted by Crippen LogP contribution is 2.17. The molecule has 0 saturated carbocycles. The third-order valence-corrected chi connectivity index (χ3v) is 4.90. The first-order valence-corrected chi connectivity index (χ1v) is 9.33. The molecule has 1 aromatic carbocycles. The molecule has 0 bridgehead atoms. The SMILES string of the molecule is O=C(NCCc1nnc2n1CCC2)c1ccc(OC[C@H]2CCCO2)cc1. The van der Waals surface area contributed by atoms with Gasteiger partial charge in [0.2, 0.25) is 0 Å². The number of amides is 1. The Balaban J connectivity index is 1.23. The van der Waals surface area contributed by atoms with Crippen LogP contribution in [0.25, 0.3) is 0 Å². The van der Waals surface area contributed by atoms with Gasteiger partial charge in [-0.25, -0.2) is 0 Å². The second kappa shape index (κ2) is 7.86. The maximum Gasteiger partial charge on any atom is 0.251 e. The summed E-state index contributed by atoms with van der Waals surface area (Å²) in [6.07, 6.45) is 5.17. The monoisotopic (exact) mass is 356 g/mol. The van der Waals surface area contributed by atoms with E-state index in [2.05, 4.69) is 20.1 Å². The molecule has 1 amide bonds. The first-order valence-electron chi connectivity index (χ1n) is 9.33. The van der Waals surface area contributed by atoms with E-state index >= 15 is 0 Å². The largest absolute Gasteiger partial charge is 0.491 e. The van der Waals surface area contributed by atoms with Crippen LogP contribution in [0.3, 0.4) is 0 Å². The molecule has 26 heavy (non-hydrogen) atoms. The summed E-state index contributed by atoms with van der Waals surface area (Å²) < 4.78 is 13.4. The second-order valence-electron chi connectivity index (χ2n) is 6.76. The average Bonchev–Trinajstić information content (AvgIpc) is 3.40. The van der Waals surface area contributed by atoms with Crippen LogP contribution in [0, 0.1) is 0 Å². The van der Waals surface area contributed by atoms with E-state index in [0.717, 1.165) is 56.2 Å². The average molecular weight is 356 g/mol. The number of hydrogen-bond donors (Lipinski definition) is 1. The predicted molar refractivity (Wildman–Crippen MR) is 95.3 cm³/mol. The fourth-order valence-electron chi connectivity index (χ4n) is 3.45. The van der Waals surface area contributed by atoms with E-state index in [1.165, 1.54) is 0 Å². The summed E-state index contributed by atoms with van der Waals surface area (Å²) in [4.78, 5) is 12.3. The molecule has 1 atom stereocenters. The minimum atomic E-state index is -0.0863. The van der Waals surface area contributed by atoms with Crippen LogP contribution in [0.4, 0.5) is 0 Å². The van der Waals surface area contributed by atoms with Crippen LogP contribution in [0.15, 0.2) is 24.3 Å². The summed E-state index contributed by atoms with van der Waals surface area (Å²) in [6.45, 7) is 2.92. The number of ether oxygens (including phenoxy) is 2. The summed E-state index contributed by atoms with van der Waals surface area (Å²) in [7, 11) is 0. The van der Waals surface area contributed by atoms with Crippen LogP contribution in [0.5, 0.6) is 5.75 Å². The van der Waals surface area contributed by atoms with Crippen LogP contribution in [-0.4, -0.2) is 46.5 Å². The number of nitrogens with one attached hydrogen (secondary N) is 1. The Bertz CT molecular complexity index is 751. The summed E-state index contributed by atoms with van der Waals surface area (Å²) in [5, 5.41) is 11.3. The van der Waals surface area contributed by atoms with Gasteiger partial charge in [-0.2, -0.15) is 0 Å². The first kappa shape index (κ1) is 17.0. The Kier molecular flexibility index (Phi) is 5.15. The number of fused-ring (bicyclic) bond motifs is 1. The lowest BCUT2D eigenvalue weighted by Gasteiger charge is -2.11. The molecule has 1 saturated heterocycles. The predicted octanol–water partition coefficient (Wildman–Crippen LogP) is 1.75. The molecule has 4 rings (SSSR count). The smallest absolute Gasteiger partial charge is 0.251 e. The summed E-state index contributed by atoms with van der Waals surface area (Å²) >= 11 is 0. The molecule has 7 heteroatoms. The molecule has 0 radical (unpaired) electrons. The van der Waals surface area contributed by atoms with Gasteiger partial charge in [0.25, 0.3) is 5.91 Å². The maximum absolute atomic E-state index is 12.3. The molecule has 1 fully saturated rings. The molecular weight excluding hydrogens is 332 g/mol. The third-order valence-electron chi connectivity index (χ3n) is 4.90. The van der Waals surface area contributed by atoms with Gasteiger partial charge in [-0.05, 0) is 43.5 Å². The molecule has 2 aliphatic rings. The fourth-order valence-corrected chi connectivity index (χ4v) is 3.45. The molecule has 1 aromatic heterocycles. The molecule has 2 aliphatic heterocycles. The van der Waals surface area contributed by atoms with Crippen molar-refractivity contribution in [2.24, 2.45) is 0 Å². The van der Waals surface area contributed by atoms with Crippen LogP contribution < -0.4 is 10.1 Å². The number of carbonyl (C=O) groups excluding carboxylic acids is 1. The van der Waals surface area contributed by atoms with Crippen LogP contribution in [0.2, 0.25) is 0 Å². The van der Waals surface area contributed by atoms with Gasteiger partial charge in [-0.15, -0.1) is 10.2 Å². The summed E-state index contributed by atoms with van der Waals surface area (Å²) in [5.74, 6) is 2.69. The zero-order valence-electron chi connectivity index (χ0n) is 14.8. The molecule has 0 spiro atoms. The van der Waals surface area contributed by atoms with Gasteiger partial charge in [0.15, 0.2) is 0 Å². The van der Waals surface area contributed by atoms with Gasteiger partial charge in [0, 0.05) is 38.1 Å². The third kappa shape index (κ3) is 3.88. The lowest BCUT2D eigenvalue weighted by molar-refractivity contribution is 0.0679. The Morgan fingerprint density at radius 2 is 2.15 bits per heavy atom. The van der Waals surface area contributed by atoms with Crippen molar-refractivity contribution in [3.8, 4) is 5.75 Å². The highest BCUT2D eigenvalue weighted by molar-refractivity contribution is 5.94. The number of carbonyl (C=O) groups is 1. The van der Waals surface area contributed by atoms with Crippen molar-refractivity contribution in [2.45, 2.75) is 44.8 Å². The molecule has 138 valence electrons. The topological polar surface area (TPSA) is 78.3 Å². The van der Waals surface area contributed by atoms with Gasteiger partial charge >= 0.3 is 0 Å². The number of hydrogen-bond acceptors (Lipinski definition) is 5. The standard InChI is InChI=1S/C19H24N4O3/c24-19(20-10-9-18-22-21-17-4-1-11-23(17)18)14-5-7-15(8-6-14)26-13-16-3-2-12-25-16/h5-8,16H,1-4,9-13H2,(H,20,24)/t16-/m1/s1. The fraction of sp³-hybridized carbons (Fsp3) is 0.526. The van der Waals surface area contributed by atoms with Crippen LogP contribution in [-0.2, 0) is 24.1 Å². The van der Waals surface area contributed by atoms with E-state index < -0.39 is 0 Å². The summed E-state index contributed by atoms with van der Waals surface area (Å²) in [5.41, 5.74) is 0.626. The van der Waals surface area contributed by atoms with Crippen molar-refractivity contribution in [2.75, 3.05) is 19.8 Å². The van der Waals surface area contributed by atoms with Crippen LogP contribution in [0.1, 0.15) is 41.3 Å². The van der Waals surface area contributed by atoms with Gasteiger partial charge in [0.05, 0.1) is 6.10 Å². The maximum atomic E-state index is 12.3. The Labute approximate surface area is 152 Å². The van der Waals surface area contributed by atoms with E-state index in [9.17, 15) is 4.79 Å². The van der Waals surface area contributed by atoms with E-state index in [4.69, 9.17) is 9.47 Å². The molecule has 2 aromatic rings. The van der Waals surface area contributed by atoms with Gasteiger partial charge in [-0.3, -0.25) is 4.79 Å². The Morgan fingerprint density at radius 3 is 2.96 bits per heavy atom. The van der Waals surface area contributed by atoms with E-state index in [0.29, 0.717) is 25.1 Å². The Morgan fingerprint density at radius 1 is 1.27 bits per heavy atom. The van der Waals surface area contributed by atoms with E-state index in [1.54, 1.807) is 12.1 Å². The molecule has 7 nitrogen and oxygen atoms in total. The van der Waals surface area contributed by atoms with Crippen molar-refractivity contribution in [3.05, 3.63) is 41.5 Å². The van der Waals surface area contributed by atoms with Gasteiger partial charge in [0.1, 0.15) is 24.0 Å². The van der Waals surface area contributed by atoms with Crippen LogP contribution >= 0.6 is 0 Å². The van der Waals surface area contributed by atoms with Crippen molar-refractivity contribution in [1.29, 1.82) is 0 Å². The summed E-state index contributed by atoms with van der Waals surface area (Å²) in [6, 6.07) is 7.23. The second-order valence-corrected chi connectivity index (χ2v) is 6.76. The van der Waals surface area contributed by atoms with Gasteiger partial charge in [-0.1, -0.05) is 0 Å². The minimum Gasteiger partial charge on any atom is -0.491 e. The van der Waals surface area contributed by atoms with Crippen molar-refractivity contribution in [1.82, 2.24) is 20.1 Å². The lowest BCUT2D eigenvalue weighted by atomic mass is 10.2. The highest BCUT2D eigenvalue weighted by atomic mass is 16.5. The van der Waals surface area contributed by atoms with Crippen molar-refractivity contribution >= 4 is 5.91 Å². The lowest BCUT2D eigenvalue weighted by Crippen LogP contribution is -2.26. The molecular formula is C19H24N4O3.